The number of carbonyl (C=O) groups excluding carboxylic acids is 1. The van der Waals surface area contributed by atoms with Crippen LogP contribution in [-0.4, -0.2) is 47.2 Å². The summed E-state index contributed by atoms with van der Waals surface area (Å²) in [5, 5.41) is 17.6. The molecule has 4 rings (SSSR count). The fourth-order valence-corrected chi connectivity index (χ4v) is 2.41. The van der Waals surface area contributed by atoms with Crippen molar-refractivity contribution in [3.63, 3.8) is 0 Å². The molecule has 1 amide bonds. The molecule has 0 saturated carbocycles. The number of nitrogens with one attached hydrogen (secondary N) is 2. The Kier molecular flexibility index (Phi) is 4.31. The first kappa shape index (κ1) is 16.4. The molecule has 0 aliphatic rings. The van der Waals surface area contributed by atoms with Crippen LogP contribution in [0.15, 0.2) is 58.5 Å². The van der Waals surface area contributed by atoms with Gasteiger partial charge in [0.1, 0.15) is 18.3 Å². The van der Waals surface area contributed by atoms with Gasteiger partial charge in [0.25, 0.3) is 11.5 Å². The van der Waals surface area contributed by atoms with Crippen molar-refractivity contribution in [3.8, 4) is 17.3 Å². The van der Waals surface area contributed by atoms with Gasteiger partial charge in [0.2, 0.25) is 0 Å². The van der Waals surface area contributed by atoms with Crippen molar-refractivity contribution < 1.29 is 9.21 Å². The number of nitrogens with zero attached hydrogens (tertiary/aromatic N) is 6. The Morgan fingerprint density at radius 3 is 3.00 bits per heavy atom. The Bertz CT molecular complexity index is 1100. The minimum atomic E-state index is -0.371. The summed E-state index contributed by atoms with van der Waals surface area (Å²) in [5.74, 6) is 0.667. The third-order valence-electron chi connectivity index (χ3n) is 3.71. The summed E-state index contributed by atoms with van der Waals surface area (Å²) < 4.78 is 7.93. The zero-order chi connectivity index (χ0) is 18.6. The second-order valence-corrected chi connectivity index (χ2v) is 5.49. The van der Waals surface area contributed by atoms with Gasteiger partial charge in [0, 0.05) is 18.7 Å². The molecule has 2 N–H and O–H groups in total. The normalized spacial score (nSPS) is 10.8. The van der Waals surface area contributed by atoms with Crippen molar-refractivity contribution in [3.05, 3.63) is 65.3 Å². The first-order chi connectivity index (χ1) is 13.2. The molecule has 0 aliphatic carbocycles. The van der Waals surface area contributed by atoms with Gasteiger partial charge in [-0.05, 0) is 18.2 Å². The van der Waals surface area contributed by atoms with Gasteiger partial charge in [0.15, 0.2) is 17.3 Å². The lowest BCUT2D eigenvalue weighted by Gasteiger charge is -2.07. The maximum absolute atomic E-state index is 12.2. The Morgan fingerprint density at radius 2 is 2.22 bits per heavy atom. The molecule has 0 unspecified atom stereocenters. The Morgan fingerprint density at radius 1 is 1.30 bits per heavy atom. The molecule has 11 heteroatoms. The Balaban J connectivity index is 1.39. The van der Waals surface area contributed by atoms with E-state index in [4.69, 9.17) is 4.42 Å². The summed E-state index contributed by atoms with van der Waals surface area (Å²) in [6.07, 6.45) is 4.39. The van der Waals surface area contributed by atoms with Crippen LogP contribution >= 0.6 is 0 Å². The summed E-state index contributed by atoms with van der Waals surface area (Å²) in [5.41, 5.74) is 0.537. The van der Waals surface area contributed by atoms with E-state index >= 15 is 0 Å². The monoisotopic (exact) mass is 366 g/mol. The molecular formula is C16H14N8O3. The van der Waals surface area contributed by atoms with Gasteiger partial charge < -0.3 is 9.73 Å². The van der Waals surface area contributed by atoms with Crippen LogP contribution in [0.5, 0.6) is 0 Å². The minimum Gasteiger partial charge on any atom is -0.463 e. The number of aromatic amines is 1. The molecule has 11 nitrogen and oxygen atoms in total. The highest BCUT2D eigenvalue weighted by Crippen LogP contribution is 2.17. The summed E-state index contributed by atoms with van der Waals surface area (Å²) in [6.45, 7) is 0.401. The highest BCUT2D eigenvalue weighted by Gasteiger charge is 2.12. The maximum Gasteiger partial charge on any atom is 0.271 e. The number of H-pyrrole nitrogens is 1. The molecule has 0 atom stereocenters. The number of aromatic nitrogens is 7. The van der Waals surface area contributed by atoms with Gasteiger partial charge in [-0.25, -0.2) is 14.3 Å². The second kappa shape index (κ2) is 7.07. The van der Waals surface area contributed by atoms with E-state index in [0.717, 1.165) is 0 Å². The molecule has 0 spiro atoms. The summed E-state index contributed by atoms with van der Waals surface area (Å²) in [4.78, 5) is 28.0. The molecule has 27 heavy (non-hydrogen) atoms. The third kappa shape index (κ3) is 3.51. The highest BCUT2D eigenvalue weighted by molar-refractivity contribution is 5.93. The van der Waals surface area contributed by atoms with Crippen LogP contribution < -0.4 is 10.9 Å². The SMILES string of the molecule is O=C(NCCn1nc(-n2cncn2)ccc1=O)c1cc(-c2ccco2)[nH]n1. The second-order valence-electron chi connectivity index (χ2n) is 5.49. The zero-order valence-corrected chi connectivity index (χ0v) is 13.9. The van der Waals surface area contributed by atoms with Crippen molar-refractivity contribution in [1.82, 2.24) is 40.1 Å². The fraction of sp³-hybridized carbons (Fsp3) is 0.125. The molecule has 0 aromatic carbocycles. The van der Waals surface area contributed by atoms with E-state index in [-0.39, 0.29) is 30.2 Å². The van der Waals surface area contributed by atoms with Gasteiger partial charge >= 0.3 is 0 Å². The minimum absolute atomic E-state index is 0.197. The topological polar surface area (TPSA) is 137 Å². The van der Waals surface area contributed by atoms with Crippen LogP contribution in [0.1, 0.15) is 10.5 Å². The molecule has 0 fully saturated rings. The number of carbonyl (C=O) groups is 1. The van der Waals surface area contributed by atoms with Crippen LogP contribution in [0.3, 0.4) is 0 Å². The molecule has 4 aromatic rings. The molecule has 136 valence electrons. The summed E-state index contributed by atoms with van der Waals surface area (Å²) >= 11 is 0. The number of furan rings is 1. The van der Waals surface area contributed by atoms with E-state index in [0.29, 0.717) is 17.3 Å². The van der Waals surface area contributed by atoms with Crippen LogP contribution in [-0.2, 0) is 6.54 Å². The van der Waals surface area contributed by atoms with E-state index in [1.54, 1.807) is 24.3 Å². The van der Waals surface area contributed by atoms with E-state index in [2.05, 4.69) is 30.7 Å². The van der Waals surface area contributed by atoms with Gasteiger partial charge in [-0.2, -0.15) is 10.2 Å². The maximum atomic E-state index is 12.2. The van der Waals surface area contributed by atoms with Crippen LogP contribution in [0, 0.1) is 0 Å². The van der Waals surface area contributed by atoms with Crippen molar-refractivity contribution in [2.45, 2.75) is 6.54 Å². The van der Waals surface area contributed by atoms with E-state index in [1.165, 1.54) is 34.3 Å². The lowest BCUT2D eigenvalue weighted by molar-refractivity contribution is 0.0946. The van der Waals surface area contributed by atoms with E-state index in [1.807, 2.05) is 0 Å². The first-order valence-corrected chi connectivity index (χ1v) is 8.01. The lowest BCUT2D eigenvalue weighted by Crippen LogP contribution is -2.32. The highest BCUT2D eigenvalue weighted by atomic mass is 16.3. The van der Waals surface area contributed by atoms with Gasteiger partial charge in [-0.15, -0.1) is 5.10 Å². The van der Waals surface area contributed by atoms with E-state index < -0.39 is 0 Å². The molecule has 0 radical (unpaired) electrons. The predicted molar refractivity (Wildman–Crippen MR) is 92.0 cm³/mol. The van der Waals surface area contributed by atoms with Gasteiger partial charge in [-0.1, -0.05) is 0 Å². The Hall–Kier alpha value is -4.02. The molecular weight excluding hydrogens is 352 g/mol. The number of amides is 1. The first-order valence-electron chi connectivity index (χ1n) is 8.01. The molecule has 4 aromatic heterocycles. The number of rotatable bonds is 6. The molecule has 0 bridgehead atoms. The van der Waals surface area contributed by atoms with Crippen LogP contribution in [0.25, 0.3) is 17.3 Å². The average Bonchev–Trinajstić information content (AvgIpc) is 3.43. The van der Waals surface area contributed by atoms with Crippen LogP contribution in [0.2, 0.25) is 0 Å². The third-order valence-corrected chi connectivity index (χ3v) is 3.71. The van der Waals surface area contributed by atoms with Gasteiger partial charge in [-0.3, -0.25) is 14.7 Å². The summed E-state index contributed by atoms with van der Waals surface area (Å²) in [7, 11) is 0. The largest absolute Gasteiger partial charge is 0.463 e. The van der Waals surface area contributed by atoms with E-state index in [9.17, 15) is 9.59 Å². The summed E-state index contributed by atoms with van der Waals surface area (Å²) in [6, 6.07) is 8.02. The number of hydrogen-bond acceptors (Lipinski definition) is 7. The fourth-order valence-electron chi connectivity index (χ4n) is 2.41. The average molecular weight is 366 g/mol. The molecule has 0 aliphatic heterocycles. The molecule has 4 heterocycles. The van der Waals surface area contributed by atoms with Crippen molar-refractivity contribution in [2.75, 3.05) is 6.54 Å². The van der Waals surface area contributed by atoms with Crippen molar-refractivity contribution in [1.29, 1.82) is 0 Å². The van der Waals surface area contributed by atoms with Crippen LogP contribution in [0.4, 0.5) is 0 Å². The van der Waals surface area contributed by atoms with Crippen molar-refractivity contribution in [2.24, 2.45) is 0 Å². The van der Waals surface area contributed by atoms with Crippen molar-refractivity contribution >= 4 is 5.91 Å². The number of hydrogen-bond donors (Lipinski definition) is 2. The smallest absolute Gasteiger partial charge is 0.271 e. The van der Waals surface area contributed by atoms with Gasteiger partial charge in [0.05, 0.1) is 12.8 Å². The predicted octanol–water partition coefficient (Wildman–Crippen LogP) is 0.237. The quantitative estimate of drug-likeness (QED) is 0.498. The zero-order valence-electron chi connectivity index (χ0n) is 13.9. The Labute approximate surface area is 151 Å². The standard InChI is InChI=1S/C16H14N8O3/c25-15-4-3-14(24-10-17-9-19-24)22-23(15)6-5-18-16(26)12-8-11(20-21-12)13-2-1-7-27-13/h1-4,7-10H,5-6H2,(H,18,26)(H,20,21). The lowest BCUT2D eigenvalue weighted by atomic mass is 10.3. The molecule has 0 saturated heterocycles.